The summed E-state index contributed by atoms with van der Waals surface area (Å²) in [5.74, 6) is -1.74. The molecule has 1 aliphatic heterocycles. The van der Waals surface area contributed by atoms with Crippen molar-refractivity contribution in [2.75, 3.05) is 17.7 Å². The fourth-order valence-electron chi connectivity index (χ4n) is 3.95. The summed E-state index contributed by atoms with van der Waals surface area (Å²) in [6.07, 6.45) is 0. The Morgan fingerprint density at radius 2 is 1.66 bits per heavy atom. The van der Waals surface area contributed by atoms with E-state index in [2.05, 4.69) is 10.6 Å². The van der Waals surface area contributed by atoms with Crippen LogP contribution in [0, 0.1) is 5.92 Å². The number of ether oxygens (including phenoxy) is 1. The van der Waals surface area contributed by atoms with Crippen molar-refractivity contribution in [3.05, 3.63) is 95.1 Å². The highest BCUT2D eigenvalue weighted by molar-refractivity contribution is 6.37. The van der Waals surface area contributed by atoms with Gasteiger partial charge < -0.3 is 26.8 Å². The summed E-state index contributed by atoms with van der Waals surface area (Å²) in [4.78, 5) is 36.5. The number of carbonyl (C=O) groups is 3. The molecule has 4 rings (SSSR count). The Morgan fingerprint density at radius 3 is 2.29 bits per heavy atom. The van der Waals surface area contributed by atoms with E-state index in [4.69, 9.17) is 16.2 Å². The lowest BCUT2D eigenvalue weighted by molar-refractivity contribution is -0.121. The van der Waals surface area contributed by atoms with Gasteiger partial charge in [0.2, 0.25) is 5.91 Å². The van der Waals surface area contributed by atoms with E-state index in [-0.39, 0.29) is 5.91 Å². The van der Waals surface area contributed by atoms with E-state index < -0.39 is 23.8 Å². The maximum Gasteiger partial charge on any atom is 0.337 e. The van der Waals surface area contributed by atoms with Crippen LogP contribution in [0.15, 0.2) is 72.8 Å². The highest BCUT2D eigenvalue weighted by Gasteiger charge is 2.29. The molecule has 3 aromatic carbocycles. The predicted molar refractivity (Wildman–Crippen MR) is 135 cm³/mol. The number of amides is 2. The summed E-state index contributed by atoms with van der Waals surface area (Å²) in [5, 5.41) is 6.22. The molecule has 0 saturated carbocycles. The van der Waals surface area contributed by atoms with Crippen molar-refractivity contribution in [3.63, 3.8) is 0 Å². The molecule has 2 amide bonds. The quantitative estimate of drug-likeness (QED) is 0.308. The van der Waals surface area contributed by atoms with Gasteiger partial charge in [0.1, 0.15) is 0 Å². The molecule has 0 fully saturated rings. The molecule has 1 heterocycles. The molecule has 0 saturated heterocycles. The van der Waals surface area contributed by atoms with Crippen LogP contribution >= 0.6 is 0 Å². The fourth-order valence-corrected chi connectivity index (χ4v) is 3.95. The van der Waals surface area contributed by atoms with Crippen molar-refractivity contribution < 1.29 is 19.1 Å². The summed E-state index contributed by atoms with van der Waals surface area (Å²) in [6, 6.07) is 21.2. The zero-order valence-corrected chi connectivity index (χ0v) is 19.4. The van der Waals surface area contributed by atoms with Gasteiger partial charge in [0.15, 0.2) is 0 Å². The third-order valence-corrected chi connectivity index (χ3v) is 6.05. The first-order valence-corrected chi connectivity index (χ1v) is 11.1. The number of hydrogen-bond acceptors (Lipinski definition) is 6. The van der Waals surface area contributed by atoms with Gasteiger partial charge in [-0.2, -0.15) is 0 Å². The Hall–Kier alpha value is -4.43. The van der Waals surface area contributed by atoms with Crippen molar-refractivity contribution in [3.8, 4) is 0 Å². The Kier molecular flexibility index (Phi) is 6.66. The number of anilines is 2. The largest absolute Gasteiger partial charge is 0.465 e. The van der Waals surface area contributed by atoms with Gasteiger partial charge in [-0.25, -0.2) is 4.79 Å². The molecule has 0 bridgehead atoms. The summed E-state index contributed by atoms with van der Waals surface area (Å²) < 4.78 is 4.79. The fraction of sp³-hybridized carbons (Fsp3) is 0.148. The minimum absolute atomic E-state index is 0.290. The van der Waals surface area contributed by atoms with E-state index in [1.165, 1.54) is 7.11 Å². The molecule has 2 unspecified atom stereocenters. The smallest absolute Gasteiger partial charge is 0.337 e. The van der Waals surface area contributed by atoms with E-state index in [0.717, 1.165) is 16.8 Å². The molecule has 0 radical (unpaired) electrons. The van der Waals surface area contributed by atoms with Gasteiger partial charge in [-0.3, -0.25) is 9.59 Å². The van der Waals surface area contributed by atoms with Crippen molar-refractivity contribution in [2.45, 2.75) is 13.0 Å². The van der Waals surface area contributed by atoms with E-state index in [1.807, 2.05) is 54.6 Å². The molecule has 8 nitrogen and oxygen atoms in total. The lowest BCUT2D eigenvalue weighted by Gasteiger charge is -2.19. The molecule has 35 heavy (non-hydrogen) atoms. The molecule has 0 spiro atoms. The van der Waals surface area contributed by atoms with Crippen LogP contribution in [-0.2, 0) is 14.3 Å². The van der Waals surface area contributed by atoms with Crippen LogP contribution in [-0.4, -0.2) is 24.9 Å². The number of rotatable bonds is 7. The molecule has 1 aliphatic rings. The monoisotopic (exact) mass is 470 g/mol. The zero-order chi connectivity index (χ0) is 25.1. The number of hydrogen-bond donors (Lipinski definition) is 4. The molecule has 8 heteroatoms. The molecular weight excluding hydrogens is 444 g/mol. The first-order chi connectivity index (χ1) is 16.8. The molecule has 3 aromatic rings. The molecule has 6 N–H and O–H groups in total. The Labute approximate surface area is 203 Å². The Bertz CT molecular complexity index is 1320. The van der Waals surface area contributed by atoms with Crippen LogP contribution < -0.4 is 22.1 Å². The van der Waals surface area contributed by atoms with Crippen molar-refractivity contribution in [1.82, 2.24) is 0 Å². The number of nitrogens with one attached hydrogen (secondary N) is 2. The second-order valence-electron chi connectivity index (χ2n) is 8.29. The highest BCUT2D eigenvalue weighted by atomic mass is 16.5. The average Bonchev–Trinajstić information content (AvgIpc) is 3.21. The van der Waals surface area contributed by atoms with Crippen LogP contribution in [0.25, 0.3) is 11.3 Å². The Balaban J connectivity index is 1.75. The van der Waals surface area contributed by atoms with Gasteiger partial charge in [0, 0.05) is 17.3 Å². The SMILES string of the molecule is COC(=O)c1ccc2c(c1)NC(=O)/C2=C(\Nc1ccc(C(N)C(C)C(N)=O)cc1)c1ccccc1. The van der Waals surface area contributed by atoms with Crippen LogP contribution in [0.1, 0.15) is 40.0 Å². The van der Waals surface area contributed by atoms with Gasteiger partial charge in [-0.05, 0) is 35.4 Å². The first kappa shape index (κ1) is 23.7. The average molecular weight is 471 g/mol. The highest BCUT2D eigenvalue weighted by Crippen LogP contribution is 2.38. The van der Waals surface area contributed by atoms with Crippen molar-refractivity contribution >= 4 is 40.4 Å². The third kappa shape index (κ3) is 4.78. The number of fused-ring (bicyclic) bond motifs is 1. The van der Waals surface area contributed by atoms with Gasteiger partial charge >= 0.3 is 5.97 Å². The third-order valence-electron chi connectivity index (χ3n) is 6.05. The topological polar surface area (TPSA) is 137 Å². The van der Waals surface area contributed by atoms with Crippen LogP contribution in [0.5, 0.6) is 0 Å². The number of esters is 1. The first-order valence-electron chi connectivity index (χ1n) is 11.1. The number of nitrogens with two attached hydrogens (primary N) is 2. The summed E-state index contributed by atoms with van der Waals surface area (Å²) in [6.45, 7) is 1.69. The standard InChI is InChI=1S/C27H26N4O4/c1-15(25(29)32)23(28)16-8-11-19(12-9-16)30-24(17-6-4-3-5-7-17)22-20-13-10-18(27(34)35-2)14-21(20)31-26(22)33/h3-15,23,30H,28H2,1-2H3,(H2,29,32)(H,31,33)/b24-22-. The second-order valence-corrected chi connectivity index (χ2v) is 8.29. The van der Waals surface area contributed by atoms with Crippen LogP contribution in [0.3, 0.4) is 0 Å². The summed E-state index contributed by atoms with van der Waals surface area (Å²) >= 11 is 0. The van der Waals surface area contributed by atoms with Crippen molar-refractivity contribution in [1.29, 1.82) is 0 Å². The molecule has 178 valence electrons. The molecule has 0 aliphatic carbocycles. The molecule has 2 atom stereocenters. The number of benzene rings is 3. The van der Waals surface area contributed by atoms with Gasteiger partial charge in [0.05, 0.1) is 35.5 Å². The predicted octanol–water partition coefficient (Wildman–Crippen LogP) is 3.53. The van der Waals surface area contributed by atoms with Crippen molar-refractivity contribution in [2.24, 2.45) is 17.4 Å². The van der Waals surface area contributed by atoms with E-state index in [0.29, 0.717) is 28.1 Å². The number of primary amides is 1. The molecule has 0 aromatic heterocycles. The number of methoxy groups -OCH3 is 1. The van der Waals surface area contributed by atoms with E-state index in [9.17, 15) is 14.4 Å². The maximum absolute atomic E-state index is 13.1. The van der Waals surface area contributed by atoms with E-state index >= 15 is 0 Å². The number of carbonyl (C=O) groups excluding carboxylic acids is 3. The summed E-state index contributed by atoms with van der Waals surface area (Å²) in [7, 11) is 1.31. The summed E-state index contributed by atoms with van der Waals surface area (Å²) in [5.41, 5.74) is 16.5. The van der Waals surface area contributed by atoms with Gasteiger partial charge in [0.25, 0.3) is 5.91 Å². The maximum atomic E-state index is 13.1. The molecular formula is C27H26N4O4. The minimum atomic E-state index is -0.523. The lowest BCUT2D eigenvalue weighted by Crippen LogP contribution is -2.30. The minimum Gasteiger partial charge on any atom is -0.465 e. The van der Waals surface area contributed by atoms with Gasteiger partial charge in [-0.15, -0.1) is 0 Å². The Morgan fingerprint density at radius 1 is 0.971 bits per heavy atom. The van der Waals surface area contributed by atoms with Crippen LogP contribution in [0.4, 0.5) is 11.4 Å². The normalized spacial score (nSPS) is 15.5. The van der Waals surface area contributed by atoms with Gasteiger partial charge in [-0.1, -0.05) is 55.5 Å². The second kappa shape index (κ2) is 9.82. The zero-order valence-electron chi connectivity index (χ0n) is 19.4. The van der Waals surface area contributed by atoms with Crippen LogP contribution in [0.2, 0.25) is 0 Å². The van der Waals surface area contributed by atoms with E-state index in [1.54, 1.807) is 25.1 Å². The lowest BCUT2D eigenvalue weighted by atomic mass is 9.94.